The van der Waals surface area contributed by atoms with E-state index in [1.807, 2.05) is 0 Å². The zero-order valence-electron chi connectivity index (χ0n) is 2.67. The van der Waals surface area contributed by atoms with E-state index in [-0.39, 0.29) is 0 Å². The molecule has 0 spiro atoms. The molecule has 0 aliphatic heterocycles. The molecule has 1 radical (unpaired) electrons. The van der Waals surface area contributed by atoms with Crippen molar-refractivity contribution in [1.82, 2.24) is 19.2 Å². The summed E-state index contributed by atoms with van der Waals surface area (Å²) in [4.78, 5) is 0. The summed E-state index contributed by atoms with van der Waals surface area (Å²) in [5, 5.41) is 9.99. The number of nitrogens with zero attached hydrogens (tertiary/aromatic N) is 4. The van der Waals surface area contributed by atoms with Crippen LogP contribution in [0.4, 0.5) is 0 Å². The van der Waals surface area contributed by atoms with Crippen LogP contribution < -0.4 is 0 Å². The number of rotatable bonds is 0. The lowest BCUT2D eigenvalue weighted by molar-refractivity contribution is 0.834. The zero-order chi connectivity index (χ0) is 4.41. The summed E-state index contributed by atoms with van der Waals surface area (Å²) >= 11 is 2.88. The monoisotopic (exact) mass is 147 g/mol. The largest absolute Gasteiger partial charge is 0.246 e. The Morgan fingerprint density at radius 2 is 2.50 bits per heavy atom. The summed E-state index contributed by atoms with van der Waals surface area (Å²) in [7, 11) is 0. The fourth-order valence-electron chi connectivity index (χ4n) is 0.134. The summed E-state index contributed by atoms with van der Waals surface area (Å²) in [6.07, 6.45) is 2.23. The molecule has 0 N–H and O–H groups in total. The number of halogens is 1. The van der Waals surface area contributed by atoms with Crippen LogP contribution in [-0.2, 0) is 0 Å². The van der Waals surface area contributed by atoms with E-state index in [2.05, 4.69) is 37.9 Å². The maximum atomic E-state index is 3.40. The maximum Gasteiger partial charge on any atom is 0.246 e. The van der Waals surface area contributed by atoms with Crippen molar-refractivity contribution in [1.29, 1.82) is 0 Å². The highest BCUT2D eigenvalue weighted by Gasteiger charge is 1.76. The van der Waals surface area contributed by atoms with Crippen LogP contribution in [-0.4, -0.2) is 19.2 Å². The van der Waals surface area contributed by atoms with Crippen LogP contribution in [0.3, 0.4) is 0 Å². The van der Waals surface area contributed by atoms with Crippen molar-refractivity contribution in [3.8, 4) is 0 Å². The molecule has 1 heterocycles. The second-order valence-corrected chi connectivity index (χ2v) is 1.26. The van der Waals surface area contributed by atoms with Crippen molar-refractivity contribution in [2.45, 2.75) is 0 Å². The van der Waals surface area contributed by atoms with Crippen molar-refractivity contribution in [3.63, 3.8) is 0 Å². The van der Waals surface area contributed by atoms with E-state index in [4.69, 9.17) is 0 Å². The summed E-state index contributed by atoms with van der Waals surface area (Å²) in [6.45, 7) is 0. The molecule has 0 aromatic carbocycles. The number of hydrogen-bond acceptors (Lipinski definition) is 3. The second-order valence-electron chi connectivity index (χ2n) is 0.630. The quantitative estimate of drug-likeness (QED) is 0.504. The van der Waals surface area contributed by atoms with Gasteiger partial charge in [0.05, 0.1) is 0 Å². The summed E-state index contributed by atoms with van der Waals surface area (Å²) < 4.78 is 1.15. The molecule has 0 bridgehead atoms. The molecule has 1 aromatic rings. The molecule has 0 saturated heterocycles. The molecular weight excluding hydrogens is 148 g/mol. The lowest BCUT2D eigenvalue weighted by Crippen LogP contribution is -1.81. The van der Waals surface area contributed by atoms with Gasteiger partial charge in [-0.2, -0.15) is 0 Å². The van der Waals surface area contributed by atoms with E-state index in [1.54, 1.807) is 0 Å². The highest BCUT2D eigenvalue weighted by molar-refractivity contribution is 9.08. The summed E-state index contributed by atoms with van der Waals surface area (Å²) in [5.74, 6) is 0. The molecule has 4 nitrogen and oxygen atoms in total. The second kappa shape index (κ2) is 1.34. The average Bonchev–Trinajstić information content (AvgIpc) is 1.86. The average molecular weight is 148 g/mol. The van der Waals surface area contributed by atoms with Crippen molar-refractivity contribution in [2.75, 3.05) is 0 Å². The molecule has 1 rings (SSSR count). The minimum atomic E-state index is 1.15. The summed E-state index contributed by atoms with van der Waals surface area (Å²) in [5.41, 5.74) is 0. The predicted octanol–water partition coefficient (Wildman–Crippen LogP) is -0.369. The Morgan fingerprint density at radius 1 is 1.67 bits per heavy atom. The highest BCUT2D eigenvalue weighted by atomic mass is 79.9. The first-order valence-electron chi connectivity index (χ1n) is 1.22. The Hall–Kier alpha value is -0.450. The van der Waals surface area contributed by atoms with E-state index in [0.717, 1.165) is 3.82 Å². The van der Waals surface area contributed by atoms with Crippen LogP contribution in [0.15, 0.2) is 0 Å². The van der Waals surface area contributed by atoms with E-state index >= 15 is 0 Å². The van der Waals surface area contributed by atoms with Crippen LogP contribution in [0, 0.1) is 6.33 Å². The molecule has 0 aliphatic rings. The lowest BCUT2D eigenvalue weighted by Gasteiger charge is -1.66. The van der Waals surface area contributed by atoms with Gasteiger partial charge < -0.3 is 0 Å². The van der Waals surface area contributed by atoms with Crippen LogP contribution in [0.5, 0.6) is 0 Å². The van der Waals surface area contributed by atoms with Gasteiger partial charge in [-0.05, 0) is 5.21 Å². The maximum absolute atomic E-state index is 3.40. The third-order valence-electron chi connectivity index (χ3n) is 0.290. The van der Waals surface area contributed by atoms with Gasteiger partial charge in [-0.25, -0.2) is 0 Å². The van der Waals surface area contributed by atoms with E-state index in [1.165, 1.54) is 0 Å². The number of aromatic nitrogens is 4. The Labute approximate surface area is 42.5 Å². The van der Waals surface area contributed by atoms with Crippen molar-refractivity contribution >= 4 is 16.1 Å². The van der Waals surface area contributed by atoms with Gasteiger partial charge in [0.2, 0.25) is 6.33 Å². The smallest absolute Gasteiger partial charge is 0.116 e. The van der Waals surface area contributed by atoms with Gasteiger partial charge in [-0.15, -0.1) is 10.2 Å². The Kier molecular flexibility index (Phi) is 0.831. The molecule has 0 saturated carbocycles. The van der Waals surface area contributed by atoms with E-state index in [0.29, 0.717) is 0 Å². The van der Waals surface area contributed by atoms with Crippen molar-refractivity contribution in [3.05, 3.63) is 6.33 Å². The summed E-state index contributed by atoms with van der Waals surface area (Å²) in [6, 6.07) is 0. The first kappa shape index (κ1) is 3.73. The Morgan fingerprint density at radius 3 is 2.67 bits per heavy atom. The van der Waals surface area contributed by atoms with Gasteiger partial charge in [0, 0.05) is 0 Å². The van der Waals surface area contributed by atoms with Gasteiger partial charge in [-0.1, -0.05) is 3.82 Å². The highest BCUT2D eigenvalue weighted by Crippen LogP contribution is 1.74. The van der Waals surface area contributed by atoms with Crippen molar-refractivity contribution in [2.24, 2.45) is 0 Å². The van der Waals surface area contributed by atoms with Crippen LogP contribution >= 0.6 is 16.1 Å². The molecular formula is CBrN4. The number of hydrogen-bond donors (Lipinski definition) is 0. The predicted molar refractivity (Wildman–Crippen MR) is 21.0 cm³/mol. The van der Waals surface area contributed by atoms with Gasteiger partial charge >= 0.3 is 0 Å². The van der Waals surface area contributed by atoms with Crippen molar-refractivity contribution < 1.29 is 0 Å². The topological polar surface area (TPSA) is 43.6 Å². The molecule has 1 aromatic heterocycles. The Balaban J connectivity index is 3.05. The molecule has 0 aliphatic carbocycles. The lowest BCUT2D eigenvalue weighted by atomic mass is 11.4. The van der Waals surface area contributed by atoms with Gasteiger partial charge in [0.15, 0.2) is 0 Å². The molecule has 0 unspecified atom stereocenters. The minimum absolute atomic E-state index is 1.15. The van der Waals surface area contributed by atoms with E-state index < -0.39 is 0 Å². The molecule has 6 heavy (non-hydrogen) atoms. The normalized spacial score (nSPS) is 8.83. The molecule has 0 atom stereocenters. The fraction of sp³-hybridized carbons (Fsp3) is 0. The van der Waals surface area contributed by atoms with Gasteiger partial charge in [-0.3, -0.25) is 0 Å². The molecule has 0 fully saturated rings. The third-order valence-corrected chi connectivity index (χ3v) is 0.591. The molecule has 31 valence electrons. The molecule has 5 heteroatoms. The van der Waals surface area contributed by atoms with Crippen LogP contribution in [0.25, 0.3) is 0 Å². The zero-order valence-corrected chi connectivity index (χ0v) is 4.25. The first-order chi connectivity index (χ1) is 2.89. The third kappa shape index (κ3) is 0.538. The molecule has 0 amide bonds. The fourth-order valence-corrected chi connectivity index (χ4v) is 0.276. The SMILES string of the molecule is Brn1n[c]nn1. The van der Waals surface area contributed by atoms with E-state index in [9.17, 15) is 0 Å². The van der Waals surface area contributed by atoms with Gasteiger partial charge in [0.1, 0.15) is 16.1 Å². The van der Waals surface area contributed by atoms with Crippen LogP contribution in [0.2, 0.25) is 0 Å². The first-order valence-corrected chi connectivity index (χ1v) is 1.93. The Bertz CT molecular complexity index is 111. The number of tetrazole rings is 1. The minimum Gasteiger partial charge on any atom is -0.116 e. The van der Waals surface area contributed by atoms with Crippen LogP contribution in [0.1, 0.15) is 0 Å². The standard InChI is InChI=1S/CBrN4/c2-6-4-1-3-5-6. The van der Waals surface area contributed by atoms with Gasteiger partial charge in [0.25, 0.3) is 0 Å².